The Bertz CT molecular complexity index is 332. The average molecular weight is 258 g/mol. The Morgan fingerprint density at radius 2 is 1.86 bits per heavy atom. The molecule has 2 N–H and O–H groups in total. The summed E-state index contributed by atoms with van der Waals surface area (Å²) in [4.78, 5) is 11.0. The maximum Gasteiger partial charge on any atom is 0.261 e. The van der Waals surface area contributed by atoms with Crippen molar-refractivity contribution in [3.05, 3.63) is 28.7 Å². The van der Waals surface area contributed by atoms with E-state index in [2.05, 4.69) is 15.9 Å². The maximum absolute atomic E-state index is 11.0. The first kappa shape index (κ1) is 11.0. The van der Waals surface area contributed by atoms with Gasteiger partial charge in [-0.25, -0.2) is 0 Å². The van der Waals surface area contributed by atoms with Crippen LogP contribution in [0.5, 0.6) is 5.75 Å². The van der Waals surface area contributed by atoms with Gasteiger partial charge in [-0.05, 0) is 38.1 Å². The third kappa shape index (κ3) is 2.73. The molecule has 0 saturated carbocycles. The molecule has 0 saturated heterocycles. The van der Waals surface area contributed by atoms with E-state index in [1.165, 1.54) is 0 Å². The van der Waals surface area contributed by atoms with Crippen LogP contribution in [-0.4, -0.2) is 11.5 Å². The third-order valence-electron chi connectivity index (χ3n) is 1.78. The van der Waals surface area contributed by atoms with Crippen molar-refractivity contribution in [2.45, 2.75) is 19.4 Å². The SMILES string of the molecule is CC(C)(Oc1ccc(Br)cc1)C(N)=O. The summed E-state index contributed by atoms with van der Waals surface area (Å²) in [5.74, 6) is 0.136. The second-order valence-electron chi connectivity index (χ2n) is 3.43. The van der Waals surface area contributed by atoms with E-state index in [-0.39, 0.29) is 0 Å². The van der Waals surface area contributed by atoms with Gasteiger partial charge in [-0.1, -0.05) is 15.9 Å². The van der Waals surface area contributed by atoms with Gasteiger partial charge < -0.3 is 10.5 Å². The second kappa shape index (κ2) is 4.00. The summed E-state index contributed by atoms with van der Waals surface area (Å²) < 4.78 is 6.38. The molecule has 1 amide bonds. The summed E-state index contributed by atoms with van der Waals surface area (Å²) >= 11 is 3.31. The molecule has 0 aliphatic carbocycles. The monoisotopic (exact) mass is 257 g/mol. The second-order valence-corrected chi connectivity index (χ2v) is 4.35. The molecule has 0 unspecified atom stereocenters. The molecule has 0 heterocycles. The first-order valence-electron chi connectivity index (χ1n) is 4.16. The van der Waals surface area contributed by atoms with E-state index in [0.29, 0.717) is 5.75 Å². The van der Waals surface area contributed by atoms with Crippen LogP contribution in [0.3, 0.4) is 0 Å². The third-order valence-corrected chi connectivity index (χ3v) is 2.31. The van der Waals surface area contributed by atoms with Gasteiger partial charge in [-0.2, -0.15) is 0 Å². The predicted molar refractivity (Wildman–Crippen MR) is 58.0 cm³/mol. The normalized spacial score (nSPS) is 11.1. The van der Waals surface area contributed by atoms with Crippen LogP contribution in [0.4, 0.5) is 0 Å². The van der Waals surface area contributed by atoms with Crippen molar-refractivity contribution in [2.75, 3.05) is 0 Å². The van der Waals surface area contributed by atoms with Gasteiger partial charge in [-0.15, -0.1) is 0 Å². The van der Waals surface area contributed by atoms with Gasteiger partial charge in [0.25, 0.3) is 5.91 Å². The lowest BCUT2D eigenvalue weighted by molar-refractivity contribution is -0.130. The van der Waals surface area contributed by atoms with Gasteiger partial charge in [0.05, 0.1) is 0 Å². The number of carbonyl (C=O) groups is 1. The molecule has 0 spiro atoms. The Kier molecular flexibility index (Phi) is 3.16. The summed E-state index contributed by atoms with van der Waals surface area (Å²) in [6, 6.07) is 7.22. The van der Waals surface area contributed by atoms with E-state index in [9.17, 15) is 4.79 Å². The van der Waals surface area contributed by atoms with Crippen LogP contribution in [0.2, 0.25) is 0 Å². The van der Waals surface area contributed by atoms with Crippen LogP contribution >= 0.6 is 15.9 Å². The molecule has 76 valence electrons. The summed E-state index contributed by atoms with van der Waals surface area (Å²) in [5, 5.41) is 0. The van der Waals surface area contributed by atoms with Gasteiger partial charge >= 0.3 is 0 Å². The van der Waals surface area contributed by atoms with Gasteiger partial charge in [0, 0.05) is 4.47 Å². The lowest BCUT2D eigenvalue weighted by atomic mass is 10.1. The molecule has 0 aromatic heterocycles. The molecule has 3 nitrogen and oxygen atoms in total. The van der Waals surface area contributed by atoms with Gasteiger partial charge in [0.15, 0.2) is 5.60 Å². The Morgan fingerprint density at radius 3 is 2.29 bits per heavy atom. The first-order valence-corrected chi connectivity index (χ1v) is 4.95. The molecule has 1 aromatic rings. The molecule has 0 fully saturated rings. The van der Waals surface area contributed by atoms with E-state index >= 15 is 0 Å². The molecule has 0 atom stereocenters. The topological polar surface area (TPSA) is 52.3 Å². The van der Waals surface area contributed by atoms with E-state index in [0.717, 1.165) is 4.47 Å². The van der Waals surface area contributed by atoms with E-state index in [4.69, 9.17) is 10.5 Å². The maximum atomic E-state index is 11.0. The average Bonchev–Trinajstić information content (AvgIpc) is 2.08. The predicted octanol–water partition coefficient (Wildman–Crippen LogP) is 2.09. The van der Waals surface area contributed by atoms with Crippen molar-refractivity contribution in [2.24, 2.45) is 5.73 Å². The van der Waals surface area contributed by atoms with Gasteiger partial charge in [0.1, 0.15) is 5.75 Å². The zero-order valence-electron chi connectivity index (χ0n) is 8.08. The Hall–Kier alpha value is -1.03. The lowest BCUT2D eigenvalue weighted by Crippen LogP contribution is -2.43. The first-order chi connectivity index (χ1) is 6.42. The molecule has 1 rings (SSSR count). The van der Waals surface area contributed by atoms with Crippen LogP contribution in [0, 0.1) is 0 Å². The Morgan fingerprint density at radius 1 is 1.36 bits per heavy atom. The van der Waals surface area contributed by atoms with Gasteiger partial charge in [-0.3, -0.25) is 4.79 Å². The van der Waals surface area contributed by atoms with E-state index in [1.54, 1.807) is 26.0 Å². The van der Waals surface area contributed by atoms with Crippen molar-refractivity contribution >= 4 is 21.8 Å². The van der Waals surface area contributed by atoms with Crippen LogP contribution in [0.25, 0.3) is 0 Å². The highest BCUT2D eigenvalue weighted by Crippen LogP contribution is 2.20. The highest BCUT2D eigenvalue weighted by molar-refractivity contribution is 9.10. The molecule has 4 heteroatoms. The van der Waals surface area contributed by atoms with Crippen LogP contribution < -0.4 is 10.5 Å². The number of hydrogen-bond donors (Lipinski definition) is 1. The van der Waals surface area contributed by atoms with Crippen molar-refractivity contribution in [3.63, 3.8) is 0 Å². The fourth-order valence-corrected chi connectivity index (χ4v) is 1.11. The quantitative estimate of drug-likeness (QED) is 0.902. The molecule has 1 aromatic carbocycles. The molecule has 0 aliphatic rings. The van der Waals surface area contributed by atoms with Crippen LogP contribution in [-0.2, 0) is 4.79 Å². The van der Waals surface area contributed by atoms with E-state index < -0.39 is 11.5 Å². The highest BCUT2D eigenvalue weighted by atomic mass is 79.9. The number of primary amides is 1. The molecule has 0 radical (unpaired) electrons. The zero-order valence-corrected chi connectivity index (χ0v) is 9.67. The number of amides is 1. The fourth-order valence-electron chi connectivity index (χ4n) is 0.848. The minimum Gasteiger partial charge on any atom is -0.478 e. The standard InChI is InChI=1S/C10H12BrNO2/c1-10(2,9(12)13)14-8-5-3-7(11)4-6-8/h3-6H,1-2H3,(H2,12,13). The fraction of sp³-hybridized carbons (Fsp3) is 0.300. The Labute approximate surface area is 91.4 Å². The molecular weight excluding hydrogens is 246 g/mol. The van der Waals surface area contributed by atoms with Gasteiger partial charge in [0.2, 0.25) is 0 Å². The summed E-state index contributed by atoms with van der Waals surface area (Å²) in [7, 11) is 0. The zero-order chi connectivity index (χ0) is 10.8. The number of halogens is 1. The van der Waals surface area contributed by atoms with Crippen molar-refractivity contribution < 1.29 is 9.53 Å². The molecular formula is C10H12BrNO2. The number of ether oxygens (including phenoxy) is 1. The minimum absolute atomic E-state index is 0.486. The van der Waals surface area contributed by atoms with Crippen molar-refractivity contribution in [3.8, 4) is 5.75 Å². The van der Waals surface area contributed by atoms with E-state index in [1.807, 2.05) is 12.1 Å². The number of carbonyl (C=O) groups excluding carboxylic acids is 1. The van der Waals surface area contributed by atoms with Crippen LogP contribution in [0.1, 0.15) is 13.8 Å². The van der Waals surface area contributed by atoms with Crippen molar-refractivity contribution in [1.82, 2.24) is 0 Å². The van der Waals surface area contributed by atoms with Crippen LogP contribution in [0.15, 0.2) is 28.7 Å². The molecule has 0 bridgehead atoms. The minimum atomic E-state index is -0.978. The number of benzene rings is 1. The summed E-state index contributed by atoms with van der Waals surface area (Å²) in [5.41, 5.74) is 4.20. The van der Waals surface area contributed by atoms with Crippen molar-refractivity contribution in [1.29, 1.82) is 0 Å². The number of rotatable bonds is 3. The number of hydrogen-bond acceptors (Lipinski definition) is 2. The molecule has 0 aliphatic heterocycles. The summed E-state index contributed by atoms with van der Waals surface area (Å²) in [6.45, 7) is 3.27. The molecule has 14 heavy (non-hydrogen) atoms. The summed E-state index contributed by atoms with van der Waals surface area (Å²) in [6.07, 6.45) is 0. The Balaban J connectivity index is 2.79. The lowest BCUT2D eigenvalue weighted by Gasteiger charge is -2.22. The smallest absolute Gasteiger partial charge is 0.261 e. The number of nitrogens with two attached hydrogens (primary N) is 1. The highest BCUT2D eigenvalue weighted by Gasteiger charge is 2.26. The largest absolute Gasteiger partial charge is 0.478 e.